The lowest BCUT2D eigenvalue weighted by atomic mass is 10.2. The Morgan fingerprint density at radius 3 is 2.67 bits per heavy atom. The van der Waals surface area contributed by atoms with Crippen molar-refractivity contribution in [1.29, 1.82) is 0 Å². The number of rotatable bonds is 5. The third kappa shape index (κ3) is 3.90. The Labute approximate surface area is 158 Å². The van der Waals surface area contributed by atoms with Gasteiger partial charge in [-0.3, -0.25) is 19.5 Å². The Balaban J connectivity index is 1.48. The molecule has 0 atom stereocenters. The van der Waals surface area contributed by atoms with Crippen LogP contribution in [0.1, 0.15) is 10.6 Å². The zero-order valence-electron chi connectivity index (χ0n) is 14.2. The second kappa shape index (κ2) is 7.46. The molecule has 0 aliphatic heterocycles. The summed E-state index contributed by atoms with van der Waals surface area (Å²) in [6.07, 6.45) is 1.88. The Kier molecular flexibility index (Phi) is 4.71. The van der Waals surface area contributed by atoms with Crippen LogP contribution in [-0.4, -0.2) is 25.7 Å². The molecule has 0 fully saturated rings. The normalized spacial score (nSPS) is 10.8. The molecule has 2 heterocycles. The van der Waals surface area contributed by atoms with Crippen molar-refractivity contribution in [3.05, 3.63) is 81.7 Å². The highest BCUT2D eigenvalue weighted by atomic mass is 32.1. The maximum Gasteiger partial charge on any atom is 0.269 e. The van der Waals surface area contributed by atoms with E-state index >= 15 is 0 Å². The lowest BCUT2D eigenvalue weighted by molar-refractivity contribution is -0.116. The molecule has 0 saturated heterocycles. The Hall–Kier alpha value is -3.39. The van der Waals surface area contributed by atoms with Gasteiger partial charge < -0.3 is 0 Å². The molecule has 4 aromatic rings. The molecule has 0 aliphatic rings. The number of nitrogens with one attached hydrogen (secondary N) is 1. The fraction of sp³-hybridized carbons (Fsp3) is 0.105. The van der Waals surface area contributed by atoms with Crippen molar-refractivity contribution in [3.8, 4) is 0 Å². The van der Waals surface area contributed by atoms with Gasteiger partial charge in [-0.15, -0.1) is 10.2 Å². The zero-order valence-corrected chi connectivity index (χ0v) is 15.0. The van der Waals surface area contributed by atoms with Gasteiger partial charge in [-0.2, -0.15) is 0 Å². The number of anilines is 1. The van der Waals surface area contributed by atoms with Gasteiger partial charge in [0.1, 0.15) is 11.6 Å². The molecule has 0 aliphatic carbocycles. The number of para-hydroxylation sites is 2. The minimum absolute atomic E-state index is 0.116. The van der Waals surface area contributed by atoms with Crippen LogP contribution >= 0.6 is 11.3 Å². The van der Waals surface area contributed by atoms with Crippen LogP contribution in [0.15, 0.2) is 65.6 Å². The molecule has 7 nitrogen and oxygen atoms in total. The van der Waals surface area contributed by atoms with Crippen LogP contribution in [0.25, 0.3) is 11.0 Å². The molecule has 8 heteroatoms. The smallest absolute Gasteiger partial charge is 0.269 e. The maximum absolute atomic E-state index is 12.4. The summed E-state index contributed by atoms with van der Waals surface area (Å²) in [5.41, 5.74) is 2.07. The second-order valence-electron chi connectivity index (χ2n) is 5.88. The van der Waals surface area contributed by atoms with E-state index in [-0.39, 0.29) is 18.0 Å². The van der Waals surface area contributed by atoms with Crippen molar-refractivity contribution in [1.82, 2.24) is 19.7 Å². The molecule has 134 valence electrons. The van der Waals surface area contributed by atoms with Crippen LogP contribution in [0, 0.1) is 0 Å². The molecule has 0 unspecified atom stereocenters. The maximum atomic E-state index is 12.4. The quantitative estimate of drug-likeness (QED) is 0.577. The molecule has 2 aromatic heterocycles. The monoisotopic (exact) mass is 377 g/mol. The van der Waals surface area contributed by atoms with Crippen molar-refractivity contribution < 1.29 is 4.79 Å². The van der Waals surface area contributed by atoms with Crippen molar-refractivity contribution in [2.45, 2.75) is 13.0 Å². The SMILES string of the molecule is O=C(Cn1c(=O)cnc2ccccc21)Nc1nnc(Cc2ccccc2)s1. The average molecular weight is 377 g/mol. The summed E-state index contributed by atoms with van der Waals surface area (Å²) in [7, 11) is 0. The van der Waals surface area contributed by atoms with Gasteiger partial charge in [0, 0.05) is 6.42 Å². The summed E-state index contributed by atoms with van der Waals surface area (Å²) in [5, 5.41) is 12.1. The number of carbonyl (C=O) groups excluding carboxylic acids is 1. The highest BCUT2D eigenvalue weighted by molar-refractivity contribution is 7.15. The molecule has 0 radical (unpaired) electrons. The highest BCUT2D eigenvalue weighted by Gasteiger charge is 2.12. The van der Waals surface area contributed by atoms with E-state index < -0.39 is 0 Å². The van der Waals surface area contributed by atoms with Gasteiger partial charge in [0.05, 0.1) is 17.2 Å². The number of benzene rings is 2. The first kappa shape index (κ1) is 17.0. The van der Waals surface area contributed by atoms with E-state index in [1.165, 1.54) is 22.1 Å². The molecular weight excluding hydrogens is 362 g/mol. The highest BCUT2D eigenvalue weighted by Crippen LogP contribution is 2.18. The minimum atomic E-state index is -0.337. The van der Waals surface area contributed by atoms with Gasteiger partial charge in [0.2, 0.25) is 11.0 Å². The van der Waals surface area contributed by atoms with E-state index in [2.05, 4.69) is 20.5 Å². The van der Waals surface area contributed by atoms with Crippen molar-refractivity contribution in [2.24, 2.45) is 0 Å². The number of fused-ring (bicyclic) bond motifs is 1. The summed E-state index contributed by atoms with van der Waals surface area (Å²) >= 11 is 1.32. The van der Waals surface area contributed by atoms with Crippen molar-refractivity contribution in [3.63, 3.8) is 0 Å². The molecule has 0 bridgehead atoms. The predicted octanol–water partition coefficient (Wildman–Crippen LogP) is 2.48. The van der Waals surface area contributed by atoms with E-state index in [0.717, 1.165) is 10.6 Å². The standard InChI is InChI=1S/C19H15N5O2S/c25-16(12-24-15-9-5-4-8-14(15)20-11-18(24)26)21-19-23-22-17(27-19)10-13-6-2-1-3-7-13/h1-9,11H,10,12H2,(H,21,23,25). The Morgan fingerprint density at radius 1 is 1.04 bits per heavy atom. The molecular formula is C19H15N5O2S. The first-order chi connectivity index (χ1) is 13.2. The summed E-state index contributed by atoms with van der Waals surface area (Å²) < 4.78 is 1.39. The van der Waals surface area contributed by atoms with E-state index in [9.17, 15) is 9.59 Å². The van der Waals surface area contributed by atoms with E-state index in [1.807, 2.05) is 36.4 Å². The van der Waals surface area contributed by atoms with Crippen LogP contribution in [0.3, 0.4) is 0 Å². The van der Waals surface area contributed by atoms with Gasteiger partial charge in [-0.05, 0) is 17.7 Å². The topological polar surface area (TPSA) is 89.8 Å². The fourth-order valence-electron chi connectivity index (χ4n) is 2.73. The summed E-state index contributed by atoms with van der Waals surface area (Å²) in [4.78, 5) is 28.6. The number of hydrogen-bond acceptors (Lipinski definition) is 6. The van der Waals surface area contributed by atoms with Crippen LogP contribution in [-0.2, 0) is 17.8 Å². The molecule has 4 rings (SSSR count). The lowest BCUT2D eigenvalue weighted by Gasteiger charge is -2.08. The van der Waals surface area contributed by atoms with E-state index in [0.29, 0.717) is 22.6 Å². The van der Waals surface area contributed by atoms with Crippen LogP contribution in [0.5, 0.6) is 0 Å². The van der Waals surface area contributed by atoms with Gasteiger partial charge >= 0.3 is 0 Å². The molecule has 27 heavy (non-hydrogen) atoms. The molecule has 1 N–H and O–H groups in total. The van der Waals surface area contributed by atoms with Crippen LogP contribution < -0.4 is 10.9 Å². The first-order valence-corrected chi connectivity index (χ1v) is 9.11. The second-order valence-corrected chi connectivity index (χ2v) is 6.94. The minimum Gasteiger partial charge on any atom is -0.299 e. The summed E-state index contributed by atoms with van der Waals surface area (Å²) in [6.45, 7) is -0.116. The van der Waals surface area contributed by atoms with Crippen LogP contribution in [0.4, 0.5) is 5.13 Å². The molecule has 0 saturated carbocycles. The van der Waals surface area contributed by atoms with E-state index in [1.54, 1.807) is 18.2 Å². The predicted molar refractivity (Wildman–Crippen MR) is 104 cm³/mol. The molecule has 1 amide bonds. The Morgan fingerprint density at radius 2 is 1.81 bits per heavy atom. The number of aromatic nitrogens is 4. The van der Waals surface area contributed by atoms with Gasteiger partial charge in [-0.1, -0.05) is 53.8 Å². The molecule has 2 aromatic carbocycles. The number of amides is 1. The Bertz CT molecular complexity index is 1150. The largest absolute Gasteiger partial charge is 0.299 e. The number of nitrogens with zero attached hydrogens (tertiary/aromatic N) is 4. The molecule has 0 spiro atoms. The first-order valence-electron chi connectivity index (χ1n) is 8.30. The third-order valence-corrected chi connectivity index (χ3v) is 4.80. The van der Waals surface area contributed by atoms with Gasteiger partial charge in [0.15, 0.2) is 0 Å². The van der Waals surface area contributed by atoms with Gasteiger partial charge in [-0.25, -0.2) is 4.98 Å². The average Bonchev–Trinajstić information content (AvgIpc) is 3.11. The van der Waals surface area contributed by atoms with Crippen molar-refractivity contribution >= 4 is 33.4 Å². The van der Waals surface area contributed by atoms with Crippen molar-refractivity contribution in [2.75, 3.05) is 5.32 Å². The number of carbonyl (C=O) groups is 1. The lowest BCUT2D eigenvalue weighted by Crippen LogP contribution is -2.27. The fourth-order valence-corrected chi connectivity index (χ4v) is 3.52. The summed E-state index contributed by atoms with van der Waals surface area (Å²) in [5.74, 6) is -0.337. The summed E-state index contributed by atoms with van der Waals surface area (Å²) in [6, 6.07) is 17.1. The zero-order chi connectivity index (χ0) is 18.6. The van der Waals surface area contributed by atoms with Gasteiger partial charge in [0.25, 0.3) is 5.56 Å². The van der Waals surface area contributed by atoms with E-state index in [4.69, 9.17) is 0 Å². The number of hydrogen-bond donors (Lipinski definition) is 1. The van der Waals surface area contributed by atoms with Crippen LogP contribution in [0.2, 0.25) is 0 Å². The third-order valence-electron chi connectivity index (χ3n) is 3.97.